The van der Waals surface area contributed by atoms with Crippen molar-refractivity contribution in [1.29, 1.82) is 0 Å². The number of carbonyl (C=O) groups excluding carboxylic acids is 1. The molecule has 5 heteroatoms. The van der Waals surface area contributed by atoms with E-state index < -0.39 is 0 Å². The molecule has 2 N–H and O–H groups in total. The second kappa shape index (κ2) is 5.46. The van der Waals surface area contributed by atoms with Crippen LogP contribution >= 0.6 is 0 Å². The SMILES string of the molecule is CCO[C@@H]1C[C@@H](O)C12CCN(C(=O)c1cc[nH]c1C)CC2. The van der Waals surface area contributed by atoms with Gasteiger partial charge in [0.05, 0.1) is 17.8 Å². The Morgan fingerprint density at radius 2 is 2.24 bits per heavy atom. The summed E-state index contributed by atoms with van der Waals surface area (Å²) in [5.74, 6) is 0.0883. The molecule has 1 spiro atoms. The van der Waals surface area contributed by atoms with Gasteiger partial charge in [0.2, 0.25) is 0 Å². The summed E-state index contributed by atoms with van der Waals surface area (Å²) >= 11 is 0. The standard InChI is InChI=1S/C16H24N2O3/c1-3-21-14-10-13(19)16(14)5-8-18(9-6-16)15(20)12-4-7-17-11(12)2/h4,7,13-14,17,19H,3,5-6,8-10H2,1-2H3/t13-,14-/m1/s1. The molecule has 1 aromatic heterocycles. The third-order valence-corrected chi connectivity index (χ3v) is 5.28. The molecular weight excluding hydrogens is 268 g/mol. The maximum absolute atomic E-state index is 12.5. The number of ether oxygens (including phenoxy) is 1. The molecule has 1 aliphatic heterocycles. The lowest BCUT2D eigenvalue weighted by atomic mass is 9.58. The van der Waals surface area contributed by atoms with Crippen LogP contribution in [-0.4, -0.2) is 52.8 Å². The van der Waals surface area contributed by atoms with E-state index in [9.17, 15) is 9.90 Å². The Morgan fingerprint density at radius 3 is 2.76 bits per heavy atom. The van der Waals surface area contributed by atoms with Gasteiger partial charge in [-0.25, -0.2) is 0 Å². The molecule has 2 fully saturated rings. The van der Waals surface area contributed by atoms with Gasteiger partial charge in [-0.1, -0.05) is 0 Å². The van der Waals surface area contributed by atoms with Gasteiger partial charge in [0.15, 0.2) is 0 Å². The van der Waals surface area contributed by atoms with Crippen molar-refractivity contribution < 1.29 is 14.6 Å². The average molecular weight is 292 g/mol. The number of hydrogen-bond acceptors (Lipinski definition) is 3. The minimum atomic E-state index is -0.278. The third kappa shape index (κ3) is 2.28. The van der Waals surface area contributed by atoms with E-state index in [1.807, 2.05) is 24.8 Å². The highest BCUT2D eigenvalue weighted by Crippen LogP contribution is 2.51. The molecular formula is C16H24N2O3. The highest BCUT2D eigenvalue weighted by molar-refractivity contribution is 5.95. The van der Waals surface area contributed by atoms with Crippen LogP contribution in [0.15, 0.2) is 12.3 Å². The topological polar surface area (TPSA) is 65.6 Å². The van der Waals surface area contributed by atoms with Gasteiger partial charge in [0.1, 0.15) is 0 Å². The highest BCUT2D eigenvalue weighted by atomic mass is 16.5. The second-order valence-electron chi connectivity index (χ2n) is 6.24. The third-order valence-electron chi connectivity index (χ3n) is 5.28. The summed E-state index contributed by atoms with van der Waals surface area (Å²) in [5, 5.41) is 10.2. The molecule has 1 saturated heterocycles. The number of carbonyl (C=O) groups is 1. The number of aromatic nitrogens is 1. The Kier molecular flexibility index (Phi) is 3.80. The van der Waals surface area contributed by atoms with Crippen LogP contribution in [0.2, 0.25) is 0 Å². The van der Waals surface area contributed by atoms with E-state index in [4.69, 9.17) is 4.74 Å². The van der Waals surface area contributed by atoms with Crippen molar-refractivity contribution in [3.63, 3.8) is 0 Å². The second-order valence-corrected chi connectivity index (χ2v) is 6.24. The summed E-state index contributed by atoms with van der Waals surface area (Å²) < 4.78 is 5.76. The van der Waals surface area contributed by atoms with Crippen LogP contribution < -0.4 is 0 Å². The van der Waals surface area contributed by atoms with Crippen molar-refractivity contribution in [3.8, 4) is 0 Å². The van der Waals surface area contributed by atoms with Crippen LogP contribution in [0.1, 0.15) is 42.2 Å². The zero-order valence-electron chi connectivity index (χ0n) is 12.8. The van der Waals surface area contributed by atoms with E-state index in [1.165, 1.54) is 0 Å². The average Bonchev–Trinajstić information content (AvgIpc) is 2.92. The van der Waals surface area contributed by atoms with Crippen LogP contribution in [0.4, 0.5) is 0 Å². The Balaban J connectivity index is 1.65. The Hall–Kier alpha value is -1.33. The molecule has 0 radical (unpaired) electrons. The number of aliphatic hydroxyl groups is 1. The first kappa shape index (κ1) is 14.6. The van der Waals surface area contributed by atoms with Crippen LogP contribution in [0.5, 0.6) is 0 Å². The van der Waals surface area contributed by atoms with Gasteiger partial charge >= 0.3 is 0 Å². The van der Waals surface area contributed by atoms with E-state index in [-0.39, 0.29) is 23.5 Å². The molecule has 2 heterocycles. The number of aromatic amines is 1. The lowest BCUT2D eigenvalue weighted by Crippen LogP contribution is -2.62. The summed E-state index contributed by atoms with van der Waals surface area (Å²) in [6.45, 7) is 5.99. The molecule has 0 unspecified atom stereocenters. The predicted molar refractivity (Wildman–Crippen MR) is 79.1 cm³/mol. The number of likely N-dealkylation sites (tertiary alicyclic amines) is 1. The molecule has 21 heavy (non-hydrogen) atoms. The highest BCUT2D eigenvalue weighted by Gasteiger charge is 2.56. The van der Waals surface area contributed by atoms with Crippen LogP contribution in [0.25, 0.3) is 0 Å². The van der Waals surface area contributed by atoms with Crippen LogP contribution in [0, 0.1) is 12.3 Å². The predicted octanol–water partition coefficient (Wildman–Crippen LogP) is 1.72. The van der Waals surface area contributed by atoms with E-state index in [0.717, 1.165) is 30.5 Å². The lowest BCUT2D eigenvalue weighted by Gasteiger charge is -2.56. The van der Waals surface area contributed by atoms with E-state index >= 15 is 0 Å². The summed E-state index contributed by atoms with van der Waals surface area (Å²) in [6.07, 6.45) is 4.07. The molecule has 0 bridgehead atoms. The van der Waals surface area contributed by atoms with Crippen LogP contribution in [0.3, 0.4) is 0 Å². The summed E-state index contributed by atoms with van der Waals surface area (Å²) in [5.41, 5.74) is 1.54. The Bertz CT molecular complexity index is 515. The van der Waals surface area contributed by atoms with Crippen molar-refractivity contribution in [2.75, 3.05) is 19.7 Å². The number of aliphatic hydroxyl groups excluding tert-OH is 1. The molecule has 5 nitrogen and oxygen atoms in total. The van der Waals surface area contributed by atoms with Crippen molar-refractivity contribution >= 4 is 5.91 Å². The van der Waals surface area contributed by atoms with Gasteiger partial charge in [-0.2, -0.15) is 0 Å². The van der Waals surface area contributed by atoms with E-state index in [2.05, 4.69) is 4.98 Å². The quantitative estimate of drug-likeness (QED) is 0.891. The van der Waals surface area contributed by atoms with Gasteiger partial charge in [-0.3, -0.25) is 4.79 Å². The minimum absolute atomic E-state index is 0.0883. The van der Waals surface area contributed by atoms with Crippen molar-refractivity contribution in [2.45, 2.75) is 45.3 Å². The van der Waals surface area contributed by atoms with Crippen molar-refractivity contribution in [3.05, 3.63) is 23.5 Å². The zero-order chi connectivity index (χ0) is 15.0. The van der Waals surface area contributed by atoms with E-state index in [0.29, 0.717) is 19.7 Å². The normalized spacial score (nSPS) is 27.7. The summed E-state index contributed by atoms with van der Waals surface area (Å²) in [7, 11) is 0. The van der Waals surface area contributed by atoms with Crippen LogP contribution in [-0.2, 0) is 4.74 Å². The number of piperidine rings is 1. The Labute approximate surface area is 125 Å². The monoisotopic (exact) mass is 292 g/mol. The number of nitrogens with one attached hydrogen (secondary N) is 1. The Morgan fingerprint density at radius 1 is 1.52 bits per heavy atom. The molecule has 3 rings (SSSR count). The number of rotatable bonds is 3. The first-order valence-electron chi connectivity index (χ1n) is 7.81. The number of amides is 1. The zero-order valence-corrected chi connectivity index (χ0v) is 12.8. The molecule has 1 amide bonds. The van der Waals surface area contributed by atoms with E-state index in [1.54, 1.807) is 6.20 Å². The number of nitrogens with zero attached hydrogens (tertiary/aromatic N) is 1. The smallest absolute Gasteiger partial charge is 0.255 e. The first-order valence-corrected chi connectivity index (χ1v) is 7.81. The van der Waals surface area contributed by atoms with Gasteiger partial charge in [-0.15, -0.1) is 0 Å². The summed E-state index contributed by atoms with van der Waals surface area (Å²) in [4.78, 5) is 17.4. The molecule has 0 aromatic carbocycles. The molecule has 2 atom stereocenters. The van der Waals surface area contributed by atoms with Gasteiger partial charge in [0, 0.05) is 43.4 Å². The summed E-state index contributed by atoms with van der Waals surface area (Å²) in [6, 6.07) is 1.84. The van der Waals surface area contributed by atoms with Gasteiger partial charge < -0.3 is 19.7 Å². The molecule has 1 aliphatic carbocycles. The molecule has 1 aromatic rings. The fraction of sp³-hybridized carbons (Fsp3) is 0.688. The maximum Gasteiger partial charge on any atom is 0.255 e. The molecule has 116 valence electrons. The number of aryl methyl sites for hydroxylation is 1. The maximum atomic E-state index is 12.5. The minimum Gasteiger partial charge on any atom is -0.392 e. The van der Waals surface area contributed by atoms with Gasteiger partial charge in [-0.05, 0) is 32.8 Å². The largest absolute Gasteiger partial charge is 0.392 e. The molecule has 1 saturated carbocycles. The molecule has 2 aliphatic rings. The van der Waals surface area contributed by atoms with Crippen molar-refractivity contribution in [1.82, 2.24) is 9.88 Å². The fourth-order valence-electron chi connectivity index (χ4n) is 3.80. The van der Waals surface area contributed by atoms with Crippen molar-refractivity contribution in [2.24, 2.45) is 5.41 Å². The number of hydrogen-bond donors (Lipinski definition) is 2. The van der Waals surface area contributed by atoms with Gasteiger partial charge in [0.25, 0.3) is 5.91 Å². The lowest BCUT2D eigenvalue weighted by molar-refractivity contribution is -0.207. The fourth-order valence-corrected chi connectivity index (χ4v) is 3.80. The number of H-pyrrole nitrogens is 1. The first-order chi connectivity index (χ1) is 10.1.